The molecule has 2 N–H and O–H groups in total. The van der Waals surface area contributed by atoms with Gasteiger partial charge >= 0.3 is 0 Å². The molecule has 1 amide bonds. The predicted molar refractivity (Wildman–Crippen MR) is 96.7 cm³/mol. The quantitative estimate of drug-likeness (QED) is 0.670. The minimum Gasteiger partial charge on any atom is -0.385 e. The van der Waals surface area contributed by atoms with E-state index in [0.29, 0.717) is 21.4 Å². The first-order valence-corrected chi connectivity index (χ1v) is 8.32. The molecule has 0 bridgehead atoms. The Bertz CT molecular complexity index is 656. The van der Waals surface area contributed by atoms with Gasteiger partial charge in [-0.25, -0.2) is 0 Å². The maximum atomic E-state index is 12.3. The number of nitrogens with one attached hydrogen (secondary N) is 2. The molecule has 2 rings (SSSR count). The van der Waals surface area contributed by atoms with Crippen LogP contribution in [-0.4, -0.2) is 17.4 Å². The van der Waals surface area contributed by atoms with Gasteiger partial charge in [0.2, 0.25) is 0 Å². The Morgan fingerprint density at radius 3 is 2.61 bits per heavy atom. The van der Waals surface area contributed by atoms with Crippen LogP contribution in [0, 0.1) is 0 Å². The summed E-state index contributed by atoms with van der Waals surface area (Å²) in [6.07, 6.45) is 5.04. The van der Waals surface area contributed by atoms with Crippen molar-refractivity contribution in [1.29, 1.82) is 0 Å². The molecule has 23 heavy (non-hydrogen) atoms. The summed E-state index contributed by atoms with van der Waals surface area (Å²) in [5.74, 6) is -0.350. The Balaban J connectivity index is 2.05. The normalized spacial score (nSPS) is 10.4. The van der Waals surface area contributed by atoms with Gasteiger partial charge < -0.3 is 10.6 Å². The number of halogens is 2. The third-order valence-corrected chi connectivity index (χ3v) is 3.93. The molecule has 0 aliphatic carbocycles. The van der Waals surface area contributed by atoms with E-state index in [4.69, 9.17) is 23.2 Å². The number of unbranched alkanes of at least 4 members (excludes halogenated alkanes) is 2. The zero-order chi connectivity index (χ0) is 16.7. The number of rotatable bonds is 7. The summed E-state index contributed by atoms with van der Waals surface area (Å²) < 4.78 is 0. The summed E-state index contributed by atoms with van der Waals surface area (Å²) in [5.41, 5.74) is 1.57. The molecule has 2 aromatic rings. The maximum absolute atomic E-state index is 12.3. The average Bonchev–Trinajstić information content (AvgIpc) is 2.55. The fraction of sp³-hybridized carbons (Fsp3) is 0.294. The van der Waals surface area contributed by atoms with Crippen molar-refractivity contribution in [2.45, 2.75) is 26.2 Å². The van der Waals surface area contributed by atoms with Crippen LogP contribution in [-0.2, 0) is 0 Å². The highest BCUT2D eigenvalue weighted by molar-refractivity contribution is 6.40. The molecule has 0 atom stereocenters. The van der Waals surface area contributed by atoms with Crippen LogP contribution in [0.3, 0.4) is 0 Å². The minimum absolute atomic E-state index is 0.307. The number of carbonyl (C=O) groups is 1. The van der Waals surface area contributed by atoms with Crippen LogP contribution in [0.4, 0.5) is 11.4 Å². The summed E-state index contributed by atoms with van der Waals surface area (Å²) in [6, 6.07) is 8.61. The molecule has 4 nitrogen and oxygen atoms in total. The van der Waals surface area contributed by atoms with Crippen LogP contribution in [0.25, 0.3) is 0 Å². The Morgan fingerprint density at radius 2 is 1.91 bits per heavy atom. The van der Waals surface area contributed by atoms with E-state index in [1.807, 2.05) is 6.07 Å². The van der Waals surface area contributed by atoms with Gasteiger partial charge in [-0.1, -0.05) is 49.0 Å². The molecule has 0 aliphatic rings. The molecular weight excluding hydrogens is 333 g/mol. The van der Waals surface area contributed by atoms with Gasteiger partial charge in [0.05, 0.1) is 15.7 Å². The standard InChI is InChI=1S/C17H19Cl2N3O/c1-2-3-4-9-20-12-8-10-21-15(11-12)17(23)22-16-13(18)6-5-7-14(16)19/h5-8,10-11H,2-4,9H2,1H3,(H,20,21)(H,22,23). The fourth-order valence-electron chi connectivity index (χ4n) is 2.07. The van der Waals surface area contributed by atoms with Gasteiger partial charge in [0.15, 0.2) is 0 Å². The van der Waals surface area contributed by atoms with Crippen molar-refractivity contribution in [3.05, 3.63) is 52.3 Å². The summed E-state index contributed by atoms with van der Waals surface area (Å²) >= 11 is 12.1. The van der Waals surface area contributed by atoms with E-state index in [1.54, 1.807) is 30.5 Å². The lowest BCUT2D eigenvalue weighted by Gasteiger charge is -2.10. The van der Waals surface area contributed by atoms with Crippen molar-refractivity contribution >= 4 is 40.5 Å². The Hall–Kier alpha value is -1.78. The number of carbonyl (C=O) groups excluding carboxylic acids is 1. The van der Waals surface area contributed by atoms with E-state index in [0.717, 1.165) is 18.7 Å². The summed E-state index contributed by atoms with van der Waals surface area (Å²) in [5, 5.41) is 6.77. The van der Waals surface area contributed by atoms with Crippen LogP contribution in [0.15, 0.2) is 36.5 Å². The van der Waals surface area contributed by atoms with Gasteiger partial charge in [-0.3, -0.25) is 9.78 Å². The molecule has 0 unspecified atom stereocenters. The molecule has 0 radical (unpaired) electrons. The topological polar surface area (TPSA) is 54.0 Å². The van der Waals surface area contributed by atoms with Gasteiger partial charge in [0, 0.05) is 18.4 Å². The fourth-order valence-corrected chi connectivity index (χ4v) is 2.56. The number of pyridine rings is 1. The van der Waals surface area contributed by atoms with E-state index < -0.39 is 0 Å². The molecule has 0 aliphatic heterocycles. The molecule has 1 aromatic heterocycles. The van der Waals surface area contributed by atoms with Crippen LogP contribution in [0.5, 0.6) is 0 Å². The second-order valence-electron chi connectivity index (χ2n) is 5.11. The number of amides is 1. The van der Waals surface area contributed by atoms with Crippen molar-refractivity contribution in [2.75, 3.05) is 17.2 Å². The van der Waals surface area contributed by atoms with E-state index in [2.05, 4.69) is 22.5 Å². The van der Waals surface area contributed by atoms with Crippen molar-refractivity contribution in [1.82, 2.24) is 4.98 Å². The van der Waals surface area contributed by atoms with E-state index in [9.17, 15) is 4.79 Å². The molecule has 1 heterocycles. The van der Waals surface area contributed by atoms with Crippen molar-refractivity contribution in [2.24, 2.45) is 0 Å². The van der Waals surface area contributed by atoms with Crippen LogP contribution >= 0.6 is 23.2 Å². The summed E-state index contributed by atoms with van der Waals surface area (Å²) in [7, 11) is 0. The third-order valence-electron chi connectivity index (χ3n) is 3.30. The van der Waals surface area contributed by atoms with Gasteiger partial charge in [-0.05, 0) is 30.7 Å². The molecule has 0 spiro atoms. The molecule has 6 heteroatoms. The van der Waals surface area contributed by atoms with Gasteiger partial charge in [0.1, 0.15) is 5.69 Å². The third kappa shape index (κ3) is 5.12. The second kappa shape index (κ2) is 8.75. The van der Waals surface area contributed by atoms with Crippen molar-refractivity contribution in [3.8, 4) is 0 Å². The van der Waals surface area contributed by atoms with Crippen molar-refractivity contribution < 1.29 is 4.79 Å². The highest BCUT2D eigenvalue weighted by Gasteiger charge is 2.12. The number of hydrogen-bond donors (Lipinski definition) is 2. The molecule has 0 saturated heterocycles. The first-order chi connectivity index (χ1) is 11.1. The van der Waals surface area contributed by atoms with E-state index >= 15 is 0 Å². The molecule has 0 saturated carbocycles. The van der Waals surface area contributed by atoms with Gasteiger partial charge in [-0.2, -0.15) is 0 Å². The zero-order valence-electron chi connectivity index (χ0n) is 12.9. The van der Waals surface area contributed by atoms with E-state index in [1.165, 1.54) is 12.8 Å². The molecule has 1 aromatic carbocycles. The Labute approximate surface area is 146 Å². The maximum Gasteiger partial charge on any atom is 0.274 e. The summed E-state index contributed by atoms with van der Waals surface area (Å²) in [6.45, 7) is 3.03. The van der Waals surface area contributed by atoms with E-state index in [-0.39, 0.29) is 5.91 Å². The number of hydrogen-bond acceptors (Lipinski definition) is 3. The predicted octanol–water partition coefficient (Wildman–Crippen LogP) is 5.24. The molecule has 122 valence electrons. The number of para-hydroxylation sites is 1. The van der Waals surface area contributed by atoms with Crippen molar-refractivity contribution in [3.63, 3.8) is 0 Å². The van der Waals surface area contributed by atoms with Crippen LogP contribution < -0.4 is 10.6 Å². The Morgan fingerprint density at radius 1 is 1.17 bits per heavy atom. The molecule has 0 fully saturated rings. The van der Waals surface area contributed by atoms with Gasteiger partial charge in [-0.15, -0.1) is 0 Å². The highest BCUT2D eigenvalue weighted by atomic mass is 35.5. The number of benzene rings is 1. The zero-order valence-corrected chi connectivity index (χ0v) is 14.4. The SMILES string of the molecule is CCCCCNc1ccnc(C(=O)Nc2c(Cl)cccc2Cl)c1. The molecular formula is C17H19Cl2N3O. The number of anilines is 2. The first kappa shape index (κ1) is 17.6. The number of aromatic nitrogens is 1. The highest BCUT2D eigenvalue weighted by Crippen LogP contribution is 2.30. The second-order valence-corrected chi connectivity index (χ2v) is 5.93. The average molecular weight is 352 g/mol. The van der Waals surface area contributed by atoms with Crippen LogP contribution in [0.1, 0.15) is 36.7 Å². The Kier molecular flexibility index (Phi) is 6.68. The minimum atomic E-state index is -0.350. The monoisotopic (exact) mass is 351 g/mol. The largest absolute Gasteiger partial charge is 0.385 e. The lowest BCUT2D eigenvalue weighted by molar-refractivity contribution is 0.102. The van der Waals surface area contributed by atoms with Crippen LogP contribution in [0.2, 0.25) is 10.0 Å². The lowest BCUT2D eigenvalue weighted by atomic mass is 10.2. The lowest BCUT2D eigenvalue weighted by Crippen LogP contribution is -2.15. The van der Waals surface area contributed by atoms with Gasteiger partial charge in [0.25, 0.3) is 5.91 Å². The first-order valence-electron chi connectivity index (χ1n) is 7.57. The number of nitrogens with zero attached hydrogens (tertiary/aromatic N) is 1. The summed E-state index contributed by atoms with van der Waals surface area (Å²) in [4.78, 5) is 16.4. The smallest absolute Gasteiger partial charge is 0.274 e.